The molecule has 0 fully saturated rings. The minimum atomic E-state index is -0.739. The van der Waals surface area contributed by atoms with E-state index in [0.717, 1.165) is 17.7 Å². The average Bonchev–Trinajstić information content (AvgIpc) is 2.59. The normalized spacial score (nSPS) is 10.3. The van der Waals surface area contributed by atoms with E-state index in [4.69, 9.17) is 0 Å². The van der Waals surface area contributed by atoms with Gasteiger partial charge in [0.15, 0.2) is 0 Å². The van der Waals surface area contributed by atoms with Crippen molar-refractivity contribution in [2.45, 2.75) is 20.4 Å². The Balaban J connectivity index is 2.45. The summed E-state index contributed by atoms with van der Waals surface area (Å²) in [5.74, 6) is -0.476. The van der Waals surface area contributed by atoms with Gasteiger partial charge in [0.2, 0.25) is 0 Å². The van der Waals surface area contributed by atoms with E-state index in [1.54, 1.807) is 6.92 Å². The number of amides is 1. The molecule has 130 valence electrons. The first kappa shape index (κ1) is 18.1. The van der Waals surface area contributed by atoms with Crippen molar-refractivity contribution >= 4 is 17.3 Å². The Kier molecular flexibility index (Phi) is 5.43. The van der Waals surface area contributed by atoms with Crippen LogP contribution in [0.2, 0.25) is 0 Å². The summed E-state index contributed by atoms with van der Waals surface area (Å²) in [6.07, 6.45) is 0. The number of carbonyl (C=O) groups is 1. The van der Waals surface area contributed by atoms with Crippen LogP contribution in [0.5, 0.6) is 0 Å². The van der Waals surface area contributed by atoms with Crippen molar-refractivity contribution in [3.63, 3.8) is 0 Å². The molecule has 0 N–H and O–H groups in total. The third kappa shape index (κ3) is 3.97. The number of carbonyl (C=O) groups excluding carboxylic acids is 1. The minimum absolute atomic E-state index is 0.0290. The highest BCUT2D eigenvalue weighted by Gasteiger charge is 2.26. The van der Waals surface area contributed by atoms with Gasteiger partial charge in [-0.2, -0.15) is 0 Å². The number of non-ortho nitro benzene ring substituents is 1. The first-order valence-electron chi connectivity index (χ1n) is 7.61. The third-order valence-electron chi connectivity index (χ3n) is 3.89. The van der Waals surface area contributed by atoms with Gasteiger partial charge in [-0.25, -0.2) is 0 Å². The van der Waals surface area contributed by atoms with Gasteiger partial charge in [-0.1, -0.05) is 30.3 Å². The maximum atomic E-state index is 12.8. The molecule has 0 heterocycles. The summed E-state index contributed by atoms with van der Waals surface area (Å²) >= 11 is 0. The molecule has 0 saturated heterocycles. The van der Waals surface area contributed by atoms with Crippen LogP contribution in [0.1, 0.15) is 28.4 Å². The van der Waals surface area contributed by atoms with Crippen molar-refractivity contribution in [2.24, 2.45) is 0 Å². The molecule has 0 unspecified atom stereocenters. The molecular weight excluding hydrogens is 326 g/mol. The Morgan fingerprint density at radius 1 is 1.08 bits per heavy atom. The van der Waals surface area contributed by atoms with Gasteiger partial charge in [-0.3, -0.25) is 25.0 Å². The first-order chi connectivity index (χ1) is 11.8. The summed E-state index contributed by atoms with van der Waals surface area (Å²) in [4.78, 5) is 35.1. The van der Waals surface area contributed by atoms with E-state index in [1.165, 1.54) is 11.8 Å². The van der Waals surface area contributed by atoms with Crippen molar-refractivity contribution in [3.05, 3.63) is 79.4 Å². The molecular formula is C17H17N3O5. The molecule has 2 aromatic rings. The predicted octanol–water partition coefficient (Wildman–Crippen LogP) is 3.47. The largest absolute Gasteiger partial charge is 0.335 e. The zero-order valence-corrected chi connectivity index (χ0v) is 13.8. The molecule has 8 heteroatoms. The zero-order valence-electron chi connectivity index (χ0n) is 13.8. The summed E-state index contributed by atoms with van der Waals surface area (Å²) in [7, 11) is 0. The second-order valence-corrected chi connectivity index (χ2v) is 5.46. The third-order valence-corrected chi connectivity index (χ3v) is 3.89. The molecule has 0 aliphatic rings. The Hall–Kier alpha value is -3.29. The molecule has 0 bridgehead atoms. The summed E-state index contributed by atoms with van der Waals surface area (Å²) in [5, 5.41) is 22.2. The van der Waals surface area contributed by atoms with Crippen LogP contribution in [0.15, 0.2) is 42.5 Å². The van der Waals surface area contributed by atoms with Crippen LogP contribution in [0.4, 0.5) is 11.4 Å². The maximum Gasteiger partial charge on any atom is 0.279 e. The SMILES string of the molecule is CCN(Cc1ccccc1)C(=O)c1cc([N+](=O)[O-])cc([N+](=O)[O-])c1C. The second-order valence-electron chi connectivity index (χ2n) is 5.46. The Labute approximate surface area is 144 Å². The van der Waals surface area contributed by atoms with Gasteiger partial charge in [0, 0.05) is 24.7 Å². The lowest BCUT2D eigenvalue weighted by molar-refractivity contribution is -0.394. The van der Waals surface area contributed by atoms with Crippen molar-refractivity contribution in [2.75, 3.05) is 6.54 Å². The van der Waals surface area contributed by atoms with E-state index in [2.05, 4.69) is 0 Å². The van der Waals surface area contributed by atoms with Gasteiger partial charge in [-0.15, -0.1) is 0 Å². The molecule has 8 nitrogen and oxygen atoms in total. The highest BCUT2D eigenvalue weighted by atomic mass is 16.6. The number of benzene rings is 2. The number of nitro benzene ring substituents is 2. The molecule has 0 atom stereocenters. The van der Waals surface area contributed by atoms with Crippen molar-refractivity contribution < 1.29 is 14.6 Å². The summed E-state index contributed by atoms with van der Waals surface area (Å²) in [5.41, 5.74) is 0.0748. The first-order valence-corrected chi connectivity index (χ1v) is 7.61. The zero-order chi connectivity index (χ0) is 18.6. The quantitative estimate of drug-likeness (QED) is 0.589. The molecule has 0 aromatic heterocycles. The van der Waals surface area contributed by atoms with E-state index in [-0.39, 0.29) is 11.1 Å². The molecule has 0 saturated carbocycles. The lowest BCUT2D eigenvalue weighted by atomic mass is 10.0. The van der Waals surface area contributed by atoms with Gasteiger partial charge in [0.25, 0.3) is 17.3 Å². The van der Waals surface area contributed by atoms with Gasteiger partial charge < -0.3 is 4.90 Å². The fraction of sp³-hybridized carbons (Fsp3) is 0.235. The monoisotopic (exact) mass is 343 g/mol. The van der Waals surface area contributed by atoms with E-state index in [1.807, 2.05) is 30.3 Å². The predicted molar refractivity (Wildman–Crippen MR) is 91.3 cm³/mol. The molecule has 2 aromatic carbocycles. The molecule has 25 heavy (non-hydrogen) atoms. The van der Waals surface area contributed by atoms with Crippen LogP contribution < -0.4 is 0 Å². The fourth-order valence-electron chi connectivity index (χ4n) is 2.50. The Morgan fingerprint density at radius 3 is 2.24 bits per heavy atom. The number of hydrogen-bond donors (Lipinski definition) is 0. The average molecular weight is 343 g/mol. The second kappa shape index (κ2) is 7.52. The van der Waals surface area contributed by atoms with Crippen molar-refractivity contribution in [3.8, 4) is 0 Å². The van der Waals surface area contributed by atoms with Crippen LogP contribution in [-0.2, 0) is 6.54 Å². The molecule has 2 rings (SSSR count). The highest BCUT2D eigenvalue weighted by Crippen LogP contribution is 2.29. The topological polar surface area (TPSA) is 107 Å². The lowest BCUT2D eigenvalue weighted by Crippen LogP contribution is -2.31. The molecule has 1 amide bonds. The van der Waals surface area contributed by atoms with Crippen LogP contribution >= 0.6 is 0 Å². The molecule has 0 aliphatic carbocycles. The van der Waals surface area contributed by atoms with Gasteiger partial charge >= 0.3 is 0 Å². The van der Waals surface area contributed by atoms with Crippen LogP contribution in [-0.4, -0.2) is 27.2 Å². The molecule has 0 spiro atoms. The number of hydrogen-bond acceptors (Lipinski definition) is 5. The Bertz CT molecular complexity index is 821. The van der Waals surface area contributed by atoms with E-state index in [9.17, 15) is 25.0 Å². The van der Waals surface area contributed by atoms with Crippen LogP contribution in [0, 0.1) is 27.2 Å². The number of rotatable bonds is 6. The van der Waals surface area contributed by atoms with Gasteiger partial charge in [0.05, 0.1) is 21.5 Å². The fourth-order valence-corrected chi connectivity index (χ4v) is 2.50. The lowest BCUT2D eigenvalue weighted by Gasteiger charge is -2.22. The van der Waals surface area contributed by atoms with Gasteiger partial charge in [0.1, 0.15) is 0 Å². The van der Waals surface area contributed by atoms with Crippen molar-refractivity contribution in [1.29, 1.82) is 0 Å². The summed E-state index contributed by atoms with van der Waals surface area (Å²) in [6, 6.07) is 11.2. The standard InChI is InChI=1S/C17H17N3O5/c1-3-18(11-13-7-5-4-6-8-13)17(21)15-9-14(19(22)23)10-16(12(15)2)20(24)25/h4-10H,3,11H2,1-2H3. The highest BCUT2D eigenvalue weighted by molar-refractivity contribution is 5.97. The van der Waals surface area contributed by atoms with Crippen LogP contribution in [0.3, 0.4) is 0 Å². The smallest absolute Gasteiger partial charge is 0.279 e. The molecule has 0 radical (unpaired) electrons. The summed E-state index contributed by atoms with van der Waals surface area (Å²) in [6.45, 7) is 3.88. The van der Waals surface area contributed by atoms with Crippen LogP contribution in [0.25, 0.3) is 0 Å². The van der Waals surface area contributed by atoms with Gasteiger partial charge in [-0.05, 0) is 19.4 Å². The van der Waals surface area contributed by atoms with E-state index >= 15 is 0 Å². The Morgan fingerprint density at radius 2 is 1.72 bits per heavy atom. The molecule has 0 aliphatic heterocycles. The minimum Gasteiger partial charge on any atom is -0.335 e. The van der Waals surface area contributed by atoms with Crippen molar-refractivity contribution in [1.82, 2.24) is 4.90 Å². The maximum absolute atomic E-state index is 12.8. The van der Waals surface area contributed by atoms with E-state index < -0.39 is 27.1 Å². The summed E-state index contributed by atoms with van der Waals surface area (Å²) < 4.78 is 0. The number of nitrogens with zero attached hydrogens (tertiary/aromatic N) is 3. The number of nitro groups is 2. The van der Waals surface area contributed by atoms with E-state index in [0.29, 0.717) is 13.1 Å².